The van der Waals surface area contributed by atoms with Crippen LogP contribution in [0.3, 0.4) is 0 Å². The first-order valence-corrected chi connectivity index (χ1v) is 8.35. The first-order valence-electron chi connectivity index (χ1n) is 7.53. The smallest absolute Gasteiger partial charge is 0.226 e. The summed E-state index contributed by atoms with van der Waals surface area (Å²) in [7, 11) is 0. The third kappa shape index (κ3) is 3.34. The van der Waals surface area contributed by atoms with Crippen LogP contribution in [0.4, 0.5) is 10.8 Å². The molecule has 3 N–H and O–H groups in total. The maximum atomic E-state index is 12.2. The van der Waals surface area contributed by atoms with Gasteiger partial charge >= 0.3 is 0 Å². The number of nitrogen functional groups attached to an aromatic ring is 1. The van der Waals surface area contributed by atoms with E-state index in [9.17, 15) is 4.79 Å². The van der Waals surface area contributed by atoms with Gasteiger partial charge in [-0.1, -0.05) is 18.3 Å². The van der Waals surface area contributed by atoms with Crippen LogP contribution in [0.15, 0.2) is 24.5 Å². The number of nitrogens with one attached hydrogen (secondary N) is 1. The summed E-state index contributed by atoms with van der Waals surface area (Å²) in [6, 6.07) is 3.84. The minimum atomic E-state index is -0.0167. The number of imidazole rings is 1. The van der Waals surface area contributed by atoms with E-state index in [0.29, 0.717) is 18.1 Å². The Kier molecular flexibility index (Phi) is 4.29. The third-order valence-electron chi connectivity index (χ3n) is 3.68. The minimum absolute atomic E-state index is 0.0167. The molecule has 3 rings (SSSR count). The fourth-order valence-electron chi connectivity index (χ4n) is 2.59. The second kappa shape index (κ2) is 6.37. The predicted molar refractivity (Wildman–Crippen MR) is 93.6 cm³/mol. The average molecular weight is 329 g/mol. The number of fused-ring (bicyclic) bond motifs is 1. The Morgan fingerprint density at radius 1 is 1.43 bits per heavy atom. The molecule has 0 aliphatic heterocycles. The molecule has 3 aromatic rings. The van der Waals surface area contributed by atoms with Gasteiger partial charge in [0.25, 0.3) is 0 Å². The largest absolute Gasteiger partial charge is 0.375 e. The number of amides is 1. The van der Waals surface area contributed by atoms with Crippen molar-refractivity contribution in [3.05, 3.63) is 35.9 Å². The highest BCUT2D eigenvalue weighted by atomic mass is 32.1. The van der Waals surface area contributed by atoms with Gasteiger partial charge in [0.15, 0.2) is 5.13 Å². The van der Waals surface area contributed by atoms with E-state index < -0.39 is 0 Å². The molecule has 0 unspecified atom stereocenters. The minimum Gasteiger partial charge on any atom is -0.375 e. The summed E-state index contributed by atoms with van der Waals surface area (Å²) < 4.78 is 3.00. The van der Waals surface area contributed by atoms with Crippen LogP contribution in [-0.2, 0) is 17.8 Å². The van der Waals surface area contributed by atoms with E-state index >= 15 is 0 Å². The van der Waals surface area contributed by atoms with Crippen molar-refractivity contribution in [1.29, 1.82) is 0 Å². The van der Waals surface area contributed by atoms with Crippen LogP contribution in [0, 0.1) is 6.92 Å². The number of aryl methyl sites for hydroxylation is 3. The zero-order valence-corrected chi connectivity index (χ0v) is 14.0. The summed E-state index contributed by atoms with van der Waals surface area (Å²) >= 11 is 1.43. The lowest BCUT2D eigenvalue weighted by Gasteiger charge is -2.08. The SMILES string of the molecule is CCc1nccn1CCC(=O)Nc1cc(C)c2nc(N)sc2c1. The molecule has 0 saturated carbocycles. The summed E-state index contributed by atoms with van der Waals surface area (Å²) in [6.45, 7) is 4.65. The highest BCUT2D eigenvalue weighted by Gasteiger charge is 2.09. The molecule has 2 heterocycles. The van der Waals surface area contributed by atoms with Gasteiger partial charge in [-0.05, 0) is 24.6 Å². The summed E-state index contributed by atoms with van der Waals surface area (Å²) in [4.78, 5) is 20.7. The van der Waals surface area contributed by atoms with Gasteiger partial charge in [-0.2, -0.15) is 0 Å². The van der Waals surface area contributed by atoms with Gasteiger partial charge in [-0.15, -0.1) is 0 Å². The molecule has 1 aromatic carbocycles. The molecule has 6 nitrogen and oxygen atoms in total. The highest BCUT2D eigenvalue weighted by molar-refractivity contribution is 7.22. The molecule has 0 bridgehead atoms. The molecular formula is C16H19N5OS. The monoisotopic (exact) mass is 329 g/mol. The Bertz CT molecular complexity index is 851. The van der Waals surface area contributed by atoms with Crippen LogP contribution in [0.2, 0.25) is 0 Å². The Hall–Kier alpha value is -2.41. The maximum absolute atomic E-state index is 12.2. The molecule has 0 aliphatic carbocycles. The summed E-state index contributed by atoms with van der Waals surface area (Å²) in [5, 5.41) is 3.49. The van der Waals surface area contributed by atoms with Crippen LogP contribution in [0.25, 0.3) is 10.2 Å². The lowest BCUT2D eigenvalue weighted by atomic mass is 10.2. The number of thiazole rings is 1. The Morgan fingerprint density at radius 3 is 3.04 bits per heavy atom. The van der Waals surface area contributed by atoms with Crippen molar-refractivity contribution in [1.82, 2.24) is 14.5 Å². The molecular weight excluding hydrogens is 310 g/mol. The van der Waals surface area contributed by atoms with Gasteiger partial charge in [0.1, 0.15) is 5.82 Å². The summed E-state index contributed by atoms with van der Waals surface area (Å²) in [6.07, 6.45) is 4.94. The lowest BCUT2D eigenvalue weighted by molar-refractivity contribution is -0.116. The molecule has 2 aromatic heterocycles. The summed E-state index contributed by atoms with van der Waals surface area (Å²) in [5.41, 5.74) is 8.44. The molecule has 0 saturated heterocycles. The van der Waals surface area contributed by atoms with Crippen LogP contribution in [0.5, 0.6) is 0 Å². The van der Waals surface area contributed by atoms with Crippen molar-refractivity contribution in [2.45, 2.75) is 33.2 Å². The van der Waals surface area contributed by atoms with Crippen molar-refractivity contribution in [3.8, 4) is 0 Å². The number of hydrogen-bond donors (Lipinski definition) is 2. The van der Waals surface area contributed by atoms with E-state index in [-0.39, 0.29) is 5.91 Å². The fourth-order valence-corrected chi connectivity index (χ4v) is 3.44. The lowest BCUT2D eigenvalue weighted by Crippen LogP contribution is -2.15. The zero-order valence-electron chi connectivity index (χ0n) is 13.2. The average Bonchev–Trinajstić information content (AvgIpc) is 3.10. The molecule has 0 radical (unpaired) electrons. The van der Waals surface area contributed by atoms with Crippen LogP contribution >= 0.6 is 11.3 Å². The van der Waals surface area contributed by atoms with E-state index in [1.54, 1.807) is 6.20 Å². The molecule has 0 fully saturated rings. The number of nitrogens with two attached hydrogens (primary N) is 1. The Labute approximate surface area is 138 Å². The second-order valence-corrected chi connectivity index (χ2v) is 6.44. The quantitative estimate of drug-likeness (QED) is 0.753. The topological polar surface area (TPSA) is 85.8 Å². The standard InChI is InChI=1S/C16H19N5OS/c1-3-13-18-5-7-21(13)6-4-14(22)19-11-8-10(2)15-12(9-11)23-16(17)20-15/h5,7-9H,3-4,6H2,1-2H3,(H2,17,20)(H,19,22). The number of carbonyl (C=O) groups is 1. The van der Waals surface area contributed by atoms with Crippen LogP contribution in [0.1, 0.15) is 24.7 Å². The van der Waals surface area contributed by atoms with Crippen molar-refractivity contribution >= 4 is 38.3 Å². The van der Waals surface area contributed by atoms with E-state index in [4.69, 9.17) is 5.73 Å². The Morgan fingerprint density at radius 2 is 2.26 bits per heavy atom. The van der Waals surface area contributed by atoms with E-state index in [1.165, 1.54) is 11.3 Å². The first kappa shape index (κ1) is 15.5. The third-order valence-corrected chi connectivity index (χ3v) is 4.52. The van der Waals surface area contributed by atoms with Crippen molar-refractivity contribution in [3.63, 3.8) is 0 Å². The molecule has 0 atom stereocenters. The van der Waals surface area contributed by atoms with Crippen molar-refractivity contribution in [2.24, 2.45) is 0 Å². The predicted octanol–water partition coefficient (Wildman–Crippen LogP) is 2.97. The van der Waals surface area contributed by atoms with Gasteiger partial charge in [-0.25, -0.2) is 9.97 Å². The van der Waals surface area contributed by atoms with Crippen LogP contribution < -0.4 is 11.1 Å². The van der Waals surface area contributed by atoms with Gasteiger partial charge in [0.05, 0.1) is 10.2 Å². The fraction of sp³-hybridized carbons (Fsp3) is 0.312. The number of aromatic nitrogens is 3. The number of hydrogen-bond acceptors (Lipinski definition) is 5. The summed E-state index contributed by atoms with van der Waals surface area (Å²) in [5.74, 6) is 0.979. The number of benzene rings is 1. The number of rotatable bonds is 5. The number of anilines is 2. The maximum Gasteiger partial charge on any atom is 0.226 e. The molecule has 1 amide bonds. The van der Waals surface area contributed by atoms with E-state index in [0.717, 1.165) is 33.7 Å². The van der Waals surface area contributed by atoms with Gasteiger partial charge in [0.2, 0.25) is 5.91 Å². The highest BCUT2D eigenvalue weighted by Crippen LogP contribution is 2.29. The molecule has 0 spiro atoms. The number of nitrogens with zero attached hydrogens (tertiary/aromatic N) is 3. The Balaban J connectivity index is 1.68. The van der Waals surface area contributed by atoms with E-state index in [1.807, 2.05) is 29.8 Å². The molecule has 120 valence electrons. The second-order valence-electron chi connectivity index (χ2n) is 5.38. The van der Waals surface area contributed by atoms with Gasteiger partial charge < -0.3 is 15.6 Å². The number of carbonyl (C=O) groups excluding carboxylic acids is 1. The van der Waals surface area contributed by atoms with Gasteiger partial charge in [-0.3, -0.25) is 4.79 Å². The molecule has 23 heavy (non-hydrogen) atoms. The van der Waals surface area contributed by atoms with Crippen molar-refractivity contribution < 1.29 is 4.79 Å². The first-order chi connectivity index (χ1) is 11.1. The van der Waals surface area contributed by atoms with E-state index in [2.05, 4.69) is 22.2 Å². The van der Waals surface area contributed by atoms with Gasteiger partial charge in [0, 0.05) is 37.5 Å². The molecule has 7 heteroatoms. The van der Waals surface area contributed by atoms with Crippen molar-refractivity contribution in [2.75, 3.05) is 11.1 Å². The zero-order chi connectivity index (χ0) is 16.4. The molecule has 0 aliphatic rings. The normalized spacial score (nSPS) is 11.0. The van der Waals surface area contributed by atoms with Crippen LogP contribution in [-0.4, -0.2) is 20.4 Å².